The SMILES string of the molecule is Cc1ccccc1/C=C(\C#N)C(=O)N[C@H](C)c1ccccc1. The Morgan fingerprint density at radius 2 is 1.77 bits per heavy atom. The lowest BCUT2D eigenvalue weighted by Gasteiger charge is -2.13. The first kappa shape index (κ1) is 15.5. The number of nitrogens with zero attached hydrogens (tertiary/aromatic N) is 1. The number of hydrogen-bond acceptors (Lipinski definition) is 2. The molecule has 110 valence electrons. The summed E-state index contributed by atoms with van der Waals surface area (Å²) in [6.07, 6.45) is 1.63. The minimum Gasteiger partial charge on any atom is -0.345 e. The Morgan fingerprint density at radius 3 is 2.41 bits per heavy atom. The number of aryl methyl sites for hydroxylation is 1. The monoisotopic (exact) mass is 290 g/mol. The molecule has 0 aromatic heterocycles. The van der Waals surface area contributed by atoms with Crippen molar-refractivity contribution >= 4 is 12.0 Å². The van der Waals surface area contributed by atoms with Crippen LogP contribution in [0, 0.1) is 18.3 Å². The predicted octanol–water partition coefficient (Wildman–Crippen LogP) is 3.78. The Morgan fingerprint density at radius 1 is 1.14 bits per heavy atom. The van der Waals surface area contributed by atoms with Crippen LogP contribution in [0.15, 0.2) is 60.2 Å². The maximum atomic E-state index is 12.3. The van der Waals surface area contributed by atoms with E-state index < -0.39 is 0 Å². The average molecular weight is 290 g/mol. The van der Waals surface area contributed by atoms with Crippen LogP contribution in [0.5, 0.6) is 0 Å². The molecule has 1 atom stereocenters. The first-order valence-electron chi connectivity index (χ1n) is 7.15. The van der Waals surface area contributed by atoms with E-state index in [1.54, 1.807) is 6.08 Å². The minimum atomic E-state index is -0.359. The summed E-state index contributed by atoms with van der Waals surface area (Å²) in [6, 6.07) is 19.2. The minimum absolute atomic E-state index is 0.108. The van der Waals surface area contributed by atoms with Crippen molar-refractivity contribution in [3.63, 3.8) is 0 Å². The van der Waals surface area contributed by atoms with Crippen molar-refractivity contribution in [2.45, 2.75) is 19.9 Å². The lowest BCUT2D eigenvalue weighted by molar-refractivity contribution is -0.117. The van der Waals surface area contributed by atoms with Gasteiger partial charge in [-0.2, -0.15) is 5.26 Å². The van der Waals surface area contributed by atoms with Crippen molar-refractivity contribution in [1.82, 2.24) is 5.32 Å². The lowest BCUT2D eigenvalue weighted by Crippen LogP contribution is -2.27. The summed E-state index contributed by atoms with van der Waals surface area (Å²) in [6.45, 7) is 3.85. The highest BCUT2D eigenvalue weighted by Gasteiger charge is 2.13. The van der Waals surface area contributed by atoms with Gasteiger partial charge >= 0.3 is 0 Å². The molecule has 2 aromatic carbocycles. The van der Waals surface area contributed by atoms with Crippen LogP contribution >= 0.6 is 0 Å². The summed E-state index contributed by atoms with van der Waals surface area (Å²) in [7, 11) is 0. The van der Waals surface area contributed by atoms with Crippen LogP contribution in [0.25, 0.3) is 6.08 Å². The van der Waals surface area contributed by atoms with Crippen LogP contribution in [0.2, 0.25) is 0 Å². The Labute approximate surface area is 130 Å². The van der Waals surface area contributed by atoms with Crippen LogP contribution in [0.1, 0.15) is 29.7 Å². The standard InChI is InChI=1S/C19H18N2O/c1-14-8-6-7-11-17(14)12-18(13-20)19(22)21-15(2)16-9-4-3-5-10-16/h3-12,15H,1-2H3,(H,21,22)/b18-12+/t15-/m1/s1. The second kappa shape index (κ2) is 7.24. The topological polar surface area (TPSA) is 52.9 Å². The molecule has 1 amide bonds. The van der Waals surface area contributed by atoms with Gasteiger partial charge in [0.25, 0.3) is 5.91 Å². The molecule has 2 rings (SSSR count). The average Bonchev–Trinajstić information content (AvgIpc) is 2.54. The Hall–Kier alpha value is -2.86. The van der Waals surface area contributed by atoms with Gasteiger partial charge in [0.1, 0.15) is 11.6 Å². The first-order valence-corrected chi connectivity index (χ1v) is 7.15. The molecule has 0 saturated heterocycles. The number of carbonyl (C=O) groups is 1. The second-order valence-corrected chi connectivity index (χ2v) is 5.13. The first-order chi connectivity index (χ1) is 10.6. The third-order valence-electron chi connectivity index (χ3n) is 3.50. The van der Waals surface area contributed by atoms with Gasteiger partial charge in [-0.25, -0.2) is 0 Å². The van der Waals surface area contributed by atoms with E-state index in [1.165, 1.54) is 0 Å². The van der Waals surface area contributed by atoms with E-state index in [2.05, 4.69) is 5.32 Å². The Balaban J connectivity index is 2.17. The van der Waals surface area contributed by atoms with Crippen molar-refractivity contribution in [2.24, 2.45) is 0 Å². The zero-order chi connectivity index (χ0) is 15.9. The molecule has 3 heteroatoms. The molecular weight excluding hydrogens is 272 g/mol. The number of carbonyl (C=O) groups excluding carboxylic acids is 1. The molecule has 0 aliphatic rings. The molecule has 2 aromatic rings. The van der Waals surface area contributed by atoms with Gasteiger partial charge in [-0.15, -0.1) is 0 Å². The highest BCUT2D eigenvalue weighted by Crippen LogP contribution is 2.15. The van der Waals surface area contributed by atoms with Crippen LogP contribution in [0.3, 0.4) is 0 Å². The predicted molar refractivity (Wildman–Crippen MR) is 87.8 cm³/mol. The zero-order valence-corrected chi connectivity index (χ0v) is 12.7. The molecular formula is C19H18N2O. The van der Waals surface area contributed by atoms with Gasteiger partial charge in [0.05, 0.1) is 6.04 Å². The zero-order valence-electron chi connectivity index (χ0n) is 12.7. The molecule has 0 unspecified atom stereocenters. The molecule has 0 radical (unpaired) electrons. The summed E-state index contributed by atoms with van der Waals surface area (Å²) in [4.78, 5) is 12.3. The van der Waals surface area contributed by atoms with Gasteiger partial charge in [0.15, 0.2) is 0 Å². The third-order valence-corrected chi connectivity index (χ3v) is 3.50. The second-order valence-electron chi connectivity index (χ2n) is 5.13. The molecule has 0 aliphatic carbocycles. The molecule has 0 spiro atoms. The van der Waals surface area contributed by atoms with E-state index in [4.69, 9.17) is 0 Å². The van der Waals surface area contributed by atoms with Crippen molar-refractivity contribution in [3.8, 4) is 6.07 Å². The summed E-state index contributed by atoms with van der Waals surface area (Å²) >= 11 is 0. The number of hydrogen-bond donors (Lipinski definition) is 1. The normalized spacial score (nSPS) is 12.3. The maximum absolute atomic E-state index is 12.3. The van der Waals surface area contributed by atoms with Gasteiger partial charge in [0.2, 0.25) is 0 Å². The van der Waals surface area contributed by atoms with Crippen LogP contribution < -0.4 is 5.32 Å². The van der Waals surface area contributed by atoms with Gasteiger partial charge < -0.3 is 5.32 Å². The molecule has 0 fully saturated rings. The number of amides is 1. The maximum Gasteiger partial charge on any atom is 0.262 e. The number of nitriles is 1. The van der Waals surface area contributed by atoms with Crippen molar-refractivity contribution in [2.75, 3.05) is 0 Å². The Kier molecular flexibility index (Phi) is 5.11. The molecule has 3 nitrogen and oxygen atoms in total. The summed E-state index contributed by atoms with van der Waals surface area (Å²) < 4.78 is 0. The molecule has 1 N–H and O–H groups in total. The fourth-order valence-electron chi connectivity index (χ4n) is 2.15. The highest BCUT2D eigenvalue weighted by atomic mass is 16.1. The summed E-state index contributed by atoms with van der Waals surface area (Å²) in [5.74, 6) is -0.359. The van der Waals surface area contributed by atoms with Crippen LogP contribution in [0.4, 0.5) is 0 Å². The van der Waals surface area contributed by atoms with Crippen LogP contribution in [-0.2, 0) is 4.79 Å². The molecule has 0 heterocycles. The largest absolute Gasteiger partial charge is 0.345 e. The van der Waals surface area contributed by atoms with Crippen molar-refractivity contribution < 1.29 is 4.79 Å². The lowest BCUT2D eigenvalue weighted by atomic mass is 10.0. The molecule has 0 bridgehead atoms. The van der Waals surface area contributed by atoms with E-state index in [0.29, 0.717) is 0 Å². The van der Waals surface area contributed by atoms with Gasteiger partial charge in [-0.3, -0.25) is 4.79 Å². The van der Waals surface area contributed by atoms with Crippen molar-refractivity contribution in [1.29, 1.82) is 5.26 Å². The number of nitrogens with one attached hydrogen (secondary N) is 1. The van der Waals surface area contributed by atoms with Crippen molar-refractivity contribution in [3.05, 3.63) is 76.9 Å². The van der Waals surface area contributed by atoms with Gasteiger partial charge in [-0.05, 0) is 36.6 Å². The molecule has 22 heavy (non-hydrogen) atoms. The number of benzene rings is 2. The quantitative estimate of drug-likeness (QED) is 0.688. The highest BCUT2D eigenvalue weighted by molar-refractivity contribution is 6.02. The van der Waals surface area contributed by atoms with E-state index in [-0.39, 0.29) is 17.5 Å². The van der Waals surface area contributed by atoms with E-state index >= 15 is 0 Å². The third kappa shape index (κ3) is 3.83. The molecule has 0 aliphatic heterocycles. The van der Waals surface area contributed by atoms with E-state index in [0.717, 1.165) is 16.7 Å². The van der Waals surface area contributed by atoms with Gasteiger partial charge in [0, 0.05) is 0 Å². The smallest absolute Gasteiger partial charge is 0.262 e. The summed E-state index contributed by atoms with van der Waals surface area (Å²) in [5.41, 5.74) is 3.02. The fraction of sp³-hybridized carbons (Fsp3) is 0.158. The summed E-state index contributed by atoms with van der Waals surface area (Å²) in [5, 5.41) is 12.1. The van der Waals surface area contributed by atoms with Crippen LogP contribution in [-0.4, -0.2) is 5.91 Å². The van der Waals surface area contributed by atoms with Gasteiger partial charge in [-0.1, -0.05) is 54.6 Å². The fourth-order valence-corrected chi connectivity index (χ4v) is 2.15. The Bertz CT molecular complexity index is 727. The number of rotatable bonds is 4. The van der Waals surface area contributed by atoms with E-state index in [1.807, 2.05) is 74.5 Å². The molecule has 0 saturated carbocycles. The van der Waals surface area contributed by atoms with E-state index in [9.17, 15) is 10.1 Å².